The van der Waals surface area contributed by atoms with Crippen molar-refractivity contribution in [3.05, 3.63) is 24.3 Å². The summed E-state index contributed by atoms with van der Waals surface area (Å²) in [5.41, 5.74) is 0.802. The second-order valence-electron chi connectivity index (χ2n) is 2.73. The van der Waals surface area contributed by atoms with E-state index in [2.05, 4.69) is 11.9 Å². The van der Waals surface area contributed by atoms with Gasteiger partial charge in [0, 0.05) is 18.7 Å². The zero-order valence-electron chi connectivity index (χ0n) is 7.50. The van der Waals surface area contributed by atoms with Gasteiger partial charge in [0.15, 0.2) is 0 Å². The summed E-state index contributed by atoms with van der Waals surface area (Å²) in [4.78, 5) is 10.2. The fourth-order valence-electron chi connectivity index (χ4n) is 0.667. The molecule has 1 atom stereocenters. The molecule has 3 nitrogen and oxygen atoms in total. The second-order valence-corrected chi connectivity index (χ2v) is 2.73. The molecular formula is C9H15NO2. The minimum absolute atomic E-state index is 0.210. The van der Waals surface area contributed by atoms with E-state index in [1.807, 2.05) is 6.92 Å². The van der Waals surface area contributed by atoms with Crippen LogP contribution in [0.15, 0.2) is 24.3 Å². The van der Waals surface area contributed by atoms with Gasteiger partial charge >= 0.3 is 5.97 Å². The normalized spacial score (nSPS) is 14.0. The summed E-state index contributed by atoms with van der Waals surface area (Å²) in [7, 11) is 0. The number of carboxylic acids is 1. The van der Waals surface area contributed by atoms with Crippen molar-refractivity contribution in [2.24, 2.45) is 0 Å². The maximum absolute atomic E-state index is 10.2. The van der Waals surface area contributed by atoms with Crippen LogP contribution in [0.25, 0.3) is 0 Å². The molecule has 0 heterocycles. The molecule has 12 heavy (non-hydrogen) atoms. The average Bonchev–Trinajstić information content (AvgIpc) is 1.99. The topological polar surface area (TPSA) is 49.3 Å². The van der Waals surface area contributed by atoms with Crippen molar-refractivity contribution in [2.75, 3.05) is 6.54 Å². The van der Waals surface area contributed by atoms with Gasteiger partial charge in [-0.25, -0.2) is 4.79 Å². The molecule has 0 rings (SSSR count). The van der Waals surface area contributed by atoms with Gasteiger partial charge in [0.25, 0.3) is 0 Å². The molecule has 0 radical (unpaired) electrons. The standard InChI is InChI=1S/C9H15NO2/c1-4-8(3)10-6-7(2)5-9(11)12/h4-5,8,10H,1,6H2,2-3H3,(H,11,12)/b7-5+. The van der Waals surface area contributed by atoms with Crippen LogP contribution in [0.5, 0.6) is 0 Å². The predicted molar refractivity (Wildman–Crippen MR) is 49.1 cm³/mol. The monoisotopic (exact) mass is 169 g/mol. The SMILES string of the molecule is C=CC(C)NC/C(C)=C/C(=O)O. The molecule has 2 N–H and O–H groups in total. The summed E-state index contributed by atoms with van der Waals surface area (Å²) in [6.07, 6.45) is 2.97. The highest BCUT2D eigenvalue weighted by atomic mass is 16.4. The Balaban J connectivity index is 3.78. The Labute approximate surface area is 72.8 Å². The van der Waals surface area contributed by atoms with E-state index in [0.717, 1.165) is 5.57 Å². The molecule has 0 fully saturated rings. The van der Waals surface area contributed by atoms with E-state index in [1.54, 1.807) is 13.0 Å². The molecule has 0 spiro atoms. The highest BCUT2D eigenvalue weighted by Crippen LogP contribution is 1.91. The fourth-order valence-corrected chi connectivity index (χ4v) is 0.667. The molecule has 0 aliphatic rings. The molecule has 0 aromatic heterocycles. The van der Waals surface area contributed by atoms with Crippen LogP contribution in [0.2, 0.25) is 0 Å². The highest BCUT2D eigenvalue weighted by Gasteiger charge is 1.96. The summed E-state index contributed by atoms with van der Waals surface area (Å²) in [6.45, 7) is 7.92. The van der Waals surface area contributed by atoms with Crippen molar-refractivity contribution in [3.63, 3.8) is 0 Å². The number of nitrogens with one attached hydrogen (secondary N) is 1. The van der Waals surface area contributed by atoms with Crippen LogP contribution < -0.4 is 5.32 Å². The van der Waals surface area contributed by atoms with Crippen LogP contribution in [0.1, 0.15) is 13.8 Å². The molecule has 0 saturated carbocycles. The third kappa shape index (κ3) is 5.68. The molecule has 0 amide bonds. The van der Waals surface area contributed by atoms with E-state index in [9.17, 15) is 4.79 Å². The Morgan fingerprint density at radius 2 is 2.33 bits per heavy atom. The molecule has 0 aromatic carbocycles. The lowest BCUT2D eigenvalue weighted by Gasteiger charge is -2.07. The zero-order valence-corrected chi connectivity index (χ0v) is 7.50. The quantitative estimate of drug-likeness (QED) is 0.480. The Morgan fingerprint density at radius 1 is 1.75 bits per heavy atom. The summed E-state index contributed by atoms with van der Waals surface area (Å²) in [6, 6.07) is 0.210. The van der Waals surface area contributed by atoms with E-state index >= 15 is 0 Å². The van der Waals surface area contributed by atoms with E-state index in [0.29, 0.717) is 6.54 Å². The van der Waals surface area contributed by atoms with Crippen LogP contribution in [0.4, 0.5) is 0 Å². The molecule has 0 aliphatic heterocycles. The summed E-state index contributed by atoms with van der Waals surface area (Å²) >= 11 is 0. The van der Waals surface area contributed by atoms with E-state index in [-0.39, 0.29) is 6.04 Å². The van der Waals surface area contributed by atoms with Crippen LogP contribution in [-0.2, 0) is 4.79 Å². The first-order valence-corrected chi connectivity index (χ1v) is 3.82. The fraction of sp³-hybridized carbons (Fsp3) is 0.444. The first kappa shape index (κ1) is 10.9. The van der Waals surface area contributed by atoms with Crippen molar-refractivity contribution < 1.29 is 9.90 Å². The van der Waals surface area contributed by atoms with E-state index < -0.39 is 5.97 Å². The van der Waals surface area contributed by atoms with Gasteiger partial charge in [-0.05, 0) is 13.8 Å². The number of aliphatic carboxylic acids is 1. The summed E-state index contributed by atoms with van der Waals surface area (Å²) in [5.74, 6) is -0.902. The number of carboxylic acid groups (broad SMARTS) is 1. The number of rotatable bonds is 5. The third-order valence-electron chi connectivity index (χ3n) is 1.43. The van der Waals surface area contributed by atoms with E-state index in [4.69, 9.17) is 5.11 Å². The average molecular weight is 169 g/mol. The molecule has 0 aromatic rings. The van der Waals surface area contributed by atoms with Crippen molar-refractivity contribution in [1.82, 2.24) is 5.32 Å². The predicted octanol–water partition coefficient (Wildman–Crippen LogP) is 1.18. The van der Waals surface area contributed by atoms with Crippen LogP contribution in [0.3, 0.4) is 0 Å². The molecule has 68 valence electrons. The first-order valence-electron chi connectivity index (χ1n) is 3.82. The minimum atomic E-state index is -0.902. The number of hydrogen-bond acceptors (Lipinski definition) is 2. The summed E-state index contributed by atoms with van der Waals surface area (Å²) in [5, 5.41) is 11.5. The van der Waals surface area contributed by atoms with Gasteiger partial charge in [-0.15, -0.1) is 6.58 Å². The Hall–Kier alpha value is -1.09. The number of carbonyl (C=O) groups is 1. The van der Waals surface area contributed by atoms with Gasteiger partial charge in [0.2, 0.25) is 0 Å². The van der Waals surface area contributed by atoms with Gasteiger partial charge < -0.3 is 10.4 Å². The van der Waals surface area contributed by atoms with Gasteiger partial charge in [-0.2, -0.15) is 0 Å². The molecule has 3 heteroatoms. The van der Waals surface area contributed by atoms with Crippen LogP contribution in [-0.4, -0.2) is 23.7 Å². The largest absolute Gasteiger partial charge is 0.478 e. The number of hydrogen-bond donors (Lipinski definition) is 2. The van der Waals surface area contributed by atoms with Gasteiger partial charge in [-0.3, -0.25) is 0 Å². The molecular weight excluding hydrogens is 154 g/mol. The third-order valence-corrected chi connectivity index (χ3v) is 1.43. The van der Waals surface area contributed by atoms with Gasteiger partial charge in [-0.1, -0.05) is 11.6 Å². The lowest BCUT2D eigenvalue weighted by atomic mass is 10.2. The Bertz CT molecular complexity index is 197. The maximum atomic E-state index is 10.2. The van der Waals surface area contributed by atoms with Crippen molar-refractivity contribution >= 4 is 5.97 Å². The van der Waals surface area contributed by atoms with Crippen molar-refractivity contribution in [3.8, 4) is 0 Å². The lowest BCUT2D eigenvalue weighted by molar-refractivity contribution is -0.131. The smallest absolute Gasteiger partial charge is 0.328 e. The van der Waals surface area contributed by atoms with Crippen LogP contribution >= 0.6 is 0 Å². The van der Waals surface area contributed by atoms with Crippen molar-refractivity contribution in [1.29, 1.82) is 0 Å². The zero-order chi connectivity index (χ0) is 9.56. The highest BCUT2D eigenvalue weighted by molar-refractivity contribution is 5.80. The first-order chi connectivity index (χ1) is 5.56. The maximum Gasteiger partial charge on any atom is 0.328 e. The second kappa shape index (κ2) is 5.55. The van der Waals surface area contributed by atoms with E-state index in [1.165, 1.54) is 6.08 Å². The lowest BCUT2D eigenvalue weighted by Crippen LogP contribution is -2.25. The van der Waals surface area contributed by atoms with Crippen LogP contribution in [0, 0.1) is 0 Å². The Morgan fingerprint density at radius 3 is 2.75 bits per heavy atom. The van der Waals surface area contributed by atoms with Gasteiger partial charge in [0.05, 0.1) is 0 Å². The molecule has 0 bridgehead atoms. The Kier molecular flexibility index (Phi) is 5.04. The molecule has 0 saturated heterocycles. The molecule has 0 aliphatic carbocycles. The minimum Gasteiger partial charge on any atom is -0.478 e. The van der Waals surface area contributed by atoms with Crippen molar-refractivity contribution in [2.45, 2.75) is 19.9 Å². The van der Waals surface area contributed by atoms with Gasteiger partial charge in [0.1, 0.15) is 0 Å². The molecule has 1 unspecified atom stereocenters. The summed E-state index contributed by atoms with van der Waals surface area (Å²) < 4.78 is 0.